The molecule has 154 valence electrons. The predicted octanol–water partition coefficient (Wildman–Crippen LogP) is 1.22. The molecule has 8 heteroatoms. The lowest BCUT2D eigenvalue weighted by atomic mass is 9.85. The molecule has 2 aliphatic rings. The van der Waals surface area contributed by atoms with Crippen LogP contribution in [0.4, 0.5) is 4.79 Å². The van der Waals surface area contributed by atoms with E-state index < -0.39 is 5.54 Å². The molecule has 0 atom stereocenters. The summed E-state index contributed by atoms with van der Waals surface area (Å²) in [6, 6.07) is 1.49. The topological polar surface area (TPSA) is 86.1 Å². The van der Waals surface area contributed by atoms with E-state index in [1.807, 2.05) is 44.6 Å². The zero-order valence-electron chi connectivity index (χ0n) is 17.1. The Morgan fingerprint density at radius 2 is 1.89 bits per heavy atom. The number of urea groups is 1. The van der Waals surface area contributed by atoms with Gasteiger partial charge in [-0.2, -0.15) is 0 Å². The van der Waals surface area contributed by atoms with E-state index in [2.05, 4.69) is 0 Å². The first-order valence-electron chi connectivity index (χ1n) is 9.88. The van der Waals surface area contributed by atoms with Gasteiger partial charge >= 0.3 is 6.03 Å². The Labute approximate surface area is 165 Å². The Balaban J connectivity index is 1.81. The van der Waals surface area contributed by atoms with E-state index in [1.165, 1.54) is 4.90 Å². The van der Waals surface area contributed by atoms with Crippen molar-refractivity contribution in [2.24, 2.45) is 13.0 Å². The van der Waals surface area contributed by atoms with Crippen LogP contribution in [0.25, 0.3) is 0 Å². The Kier molecular flexibility index (Phi) is 5.52. The Morgan fingerprint density at radius 3 is 2.39 bits per heavy atom. The van der Waals surface area contributed by atoms with Crippen molar-refractivity contribution in [1.29, 1.82) is 0 Å². The molecular formula is C20H30N4O4. The summed E-state index contributed by atoms with van der Waals surface area (Å²) in [5.41, 5.74) is 0.681. The summed E-state index contributed by atoms with van der Waals surface area (Å²) in [5.74, 6) is -0.0585. The van der Waals surface area contributed by atoms with Gasteiger partial charge in [0.05, 0.1) is 18.7 Å². The molecule has 3 heterocycles. The van der Waals surface area contributed by atoms with E-state index in [0.29, 0.717) is 38.0 Å². The number of aromatic nitrogens is 1. The number of likely N-dealkylation sites (tertiary alicyclic amines) is 1. The number of carbonyl (C=O) groups excluding carboxylic acids is 3. The SMILES string of the molecule is Cc1c(C(=O)N2CCC3(CC2)C(=O)N(CCO)C(=O)N3CC(C)C)ccn1C. The number of hydrogen-bond donors (Lipinski definition) is 1. The van der Waals surface area contributed by atoms with E-state index in [-0.39, 0.29) is 36.9 Å². The van der Waals surface area contributed by atoms with Crippen molar-refractivity contribution in [3.63, 3.8) is 0 Å². The second kappa shape index (κ2) is 7.58. The molecule has 0 radical (unpaired) electrons. The van der Waals surface area contributed by atoms with E-state index in [1.54, 1.807) is 9.80 Å². The van der Waals surface area contributed by atoms with Gasteiger partial charge in [0.15, 0.2) is 0 Å². The van der Waals surface area contributed by atoms with Gasteiger partial charge in [-0.3, -0.25) is 14.5 Å². The van der Waals surface area contributed by atoms with Gasteiger partial charge in [-0.1, -0.05) is 13.8 Å². The zero-order chi connectivity index (χ0) is 20.6. The lowest BCUT2D eigenvalue weighted by Gasteiger charge is -2.42. The minimum atomic E-state index is -0.904. The first-order valence-corrected chi connectivity index (χ1v) is 9.88. The second-order valence-corrected chi connectivity index (χ2v) is 8.22. The van der Waals surface area contributed by atoms with Crippen LogP contribution in [0.3, 0.4) is 0 Å². The molecule has 3 rings (SSSR count). The highest BCUT2D eigenvalue weighted by Crippen LogP contribution is 2.38. The lowest BCUT2D eigenvalue weighted by Crippen LogP contribution is -2.58. The van der Waals surface area contributed by atoms with Gasteiger partial charge in [0.25, 0.3) is 11.8 Å². The van der Waals surface area contributed by atoms with Crippen molar-refractivity contribution in [3.8, 4) is 0 Å². The second-order valence-electron chi connectivity index (χ2n) is 8.22. The zero-order valence-corrected chi connectivity index (χ0v) is 17.1. The van der Waals surface area contributed by atoms with Crippen LogP contribution in [0.2, 0.25) is 0 Å². The Morgan fingerprint density at radius 1 is 1.25 bits per heavy atom. The third-order valence-corrected chi connectivity index (χ3v) is 5.98. The molecule has 0 unspecified atom stereocenters. The van der Waals surface area contributed by atoms with Crippen molar-refractivity contribution >= 4 is 17.8 Å². The third kappa shape index (κ3) is 3.19. The molecule has 2 saturated heterocycles. The van der Waals surface area contributed by atoms with Crippen LogP contribution >= 0.6 is 0 Å². The molecular weight excluding hydrogens is 360 g/mol. The maximum atomic E-state index is 13.1. The van der Waals surface area contributed by atoms with Crippen molar-refractivity contribution < 1.29 is 19.5 Å². The summed E-state index contributed by atoms with van der Waals surface area (Å²) in [6.07, 6.45) is 2.71. The first-order chi connectivity index (χ1) is 13.2. The molecule has 8 nitrogen and oxygen atoms in total. The maximum absolute atomic E-state index is 13.1. The number of aliphatic hydroxyl groups is 1. The monoisotopic (exact) mass is 390 g/mol. The summed E-state index contributed by atoms with van der Waals surface area (Å²) in [5, 5.41) is 9.27. The number of piperidine rings is 1. The minimum absolute atomic E-state index is 0.0138. The number of aliphatic hydroxyl groups excluding tert-OH is 1. The van der Waals surface area contributed by atoms with Crippen LogP contribution in [0.1, 0.15) is 42.7 Å². The Hall–Kier alpha value is -2.35. The van der Waals surface area contributed by atoms with Crippen molar-refractivity contribution in [2.75, 3.05) is 32.8 Å². The van der Waals surface area contributed by atoms with Crippen LogP contribution in [-0.2, 0) is 11.8 Å². The number of imide groups is 1. The smallest absolute Gasteiger partial charge is 0.327 e. The minimum Gasteiger partial charge on any atom is -0.395 e. The quantitative estimate of drug-likeness (QED) is 0.766. The molecule has 28 heavy (non-hydrogen) atoms. The fourth-order valence-corrected chi connectivity index (χ4v) is 4.27. The number of rotatable bonds is 5. The van der Waals surface area contributed by atoms with Crippen LogP contribution < -0.4 is 0 Å². The highest BCUT2D eigenvalue weighted by atomic mass is 16.3. The maximum Gasteiger partial charge on any atom is 0.327 e. The molecule has 1 aromatic heterocycles. The lowest BCUT2D eigenvalue weighted by molar-refractivity contribution is -0.135. The third-order valence-electron chi connectivity index (χ3n) is 5.98. The molecule has 1 aromatic rings. The first kappa shape index (κ1) is 20.4. The molecule has 0 aliphatic carbocycles. The highest BCUT2D eigenvalue weighted by molar-refractivity contribution is 6.07. The largest absolute Gasteiger partial charge is 0.395 e. The molecule has 0 saturated carbocycles. The summed E-state index contributed by atoms with van der Waals surface area (Å²) in [6.45, 7) is 7.03. The van der Waals surface area contributed by atoms with Crippen LogP contribution in [0, 0.1) is 12.8 Å². The standard InChI is InChI=1S/C20H30N4O4/c1-14(2)13-24-19(28)23(11-12-25)18(27)20(24)6-9-22(10-7-20)17(26)16-5-8-21(4)15(16)3/h5,8,14,25H,6-7,9-13H2,1-4H3. The van der Waals surface area contributed by atoms with Gasteiger partial charge in [0.1, 0.15) is 5.54 Å². The van der Waals surface area contributed by atoms with Gasteiger partial charge in [-0.05, 0) is 31.7 Å². The fourth-order valence-electron chi connectivity index (χ4n) is 4.27. The summed E-state index contributed by atoms with van der Waals surface area (Å²) in [4.78, 5) is 43.5. The predicted molar refractivity (Wildman–Crippen MR) is 104 cm³/mol. The molecule has 1 N–H and O–H groups in total. The van der Waals surface area contributed by atoms with Crippen LogP contribution in [0.15, 0.2) is 12.3 Å². The Bertz CT molecular complexity index is 777. The normalized spacial score (nSPS) is 19.4. The van der Waals surface area contributed by atoms with Crippen molar-refractivity contribution in [1.82, 2.24) is 19.3 Å². The van der Waals surface area contributed by atoms with E-state index in [9.17, 15) is 19.5 Å². The number of nitrogens with zero attached hydrogens (tertiary/aromatic N) is 4. The fraction of sp³-hybridized carbons (Fsp3) is 0.650. The van der Waals surface area contributed by atoms with Gasteiger partial charge in [0.2, 0.25) is 0 Å². The van der Waals surface area contributed by atoms with Crippen LogP contribution in [0.5, 0.6) is 0 Å². The highest BCUT2D eigenvalue weighted by Gasteiger charge is 2.58. The number of β-amino-alcohol motifs (C(OH)–C–C–N with tert-alkyl or cyclic N) is 1. The molecule has 0 aromatic carbocycles. The average Bonchev–Trinajstić information content (AvgIpc) is 3.08. The number of carbonyl (C=O) groups is 3. The molecule has 4 amide bonds. The summed E-state index contributed by atoms with van der Waals surface area (Å²) < 4.78 is 1.91. The summed E-state index contributed by atoms with van der Waals surface area (Å²) in [7, 11) is 1.90. The van der Waals surface area contributed by atoms with Gasteiger partial charge in [-0.25, -0.2) is 4.79 Å². The van der Waals surface area contributed by atoms with Crippen LogP contribution in [-0.4, -0.2) is 80.5 Å². The van der Waals surface area contributed by atoms with E-state index in [0.717, 1.165) is 5.69 Å². The molecule has 2 fully saturated rings. The number of amides is 4. The van der Waals surface area contributed by atoms with Crippen molar-refractivity contribution in [3.05, 3.63) is 23.5 Å². The van der Waals surface area contributed by atoms with Crippen molar-refractivity contribution in [2.45, 2.75) is 39.2 Å². The van der Waals surface area contributed by atoms with E-state index in [4.69, 9.17) is 0 Å². The number of hydrogen-bond acceptors (Lipinski definition) is 4. The molecule has 1 spiro atoms. The van der Waals surface area contributed by atoms with Gasteiger partial charge in [-0.15, -0.1) is 0 Å². The average molecular weight is 390 g/mol. The van der Waals surface area contributed by atoms with E-state index >= 15 is 0 Å². The molecule has 0 bridgehead atoms. The number of aryl methyl sites for hydroxylation is 1. The summed E-state index contributed by atoms with van der Waals surface area (Å²) >= 11 is 0. The molecule has 2 aliphatic heterocycles. The van der Waals surface area contributed by atoms with Gasteiger partial charge < -0.3 is 19.5 Å². The van der Waals surface area contributed by atoms with Gasteiger partial charge in [0, 0.05) is 38.6 Å².